The van der Waals surface area contributed by atoms with Gasteiger partial charge >= 0.3 is 0 Å². The van der Waals surface area contributed by atoms with Crippen molar-refractivity contribution in [1.82, 2.24) is 9.55 Å². The van der Waals surface area contributed by atoms with E-state index in [-0.39, 0.29) is 16.8 Å². The van der Waals surface area contributed by atoms with Crippen LogP contribution in [0.1, 0.15) is 20.8 Å². The van der Waals surface area contributed by atoms with Crippen LogP contribution in [0.2, 0.25) is 0 Å². The summed E-state index contributed by atoms with van der Waals surface area (Å²) in [7, 11) is 1.56. The smallest absolute Gasteiger partial charge is 0.287 e. The molecule has 3 rings (SSSR count). The molecule has 0 saturated heterocycles. The van der Waals surface area contributed by atoms with Gasteiger partial charge in [0.2, 0.25) is 0 Å². The molecule has 5 nitrogen and oxygen atoms in total. The van der Waals surface area contributed by atoms with Crippen molar-refractivity contribution in [3.63, 3.8) is 0 Å². The van der Waals surface area contributed by atoms with Crippen LogP contribution in [0.25, 0.3) is 5.69 Å². The third-order valence-electron chi connectivity index (χ3n) is 3.92. The van der Waals surface area contributed by atoms with Crippen LogP contribution in [-0.2, 0) is 0 Å². The Kier molecular flexibility index (Phi) is 6.27. The van der Waals surface area contributed by atoms with E-state index < -0.39 is 0 Å². The minimum Gasteiger partial charge on any atom is -0.493 e. The maximum absolute atomic E-state index is 13.1. The normalized spacial score (nSPS) is 11.3. The SMILES string of the molecule is COc1cc(-n2ccnc(Sc3ccc(F)cc3)c2=O)ccc1OCC(C)(C)C. The van der Waals surface area contributed by atoms with E-state index in [0.717, 1.165) is 4.90 Å². The van der Waals surface area contributed by atoms with E-state index in [9.17, 15) is 9.18 Å². The summed E-state index contributed by atoms with van der Waals surface area (Å²) in [5, 5.41) is 0.297. The maximum Gasteiger partial charge on any atom is 0.287 e. The molecule has 0 aliphatic rings. The summed E-state index contributed by atoms with van der Waals surface area (Å²) in [6.07, 6.45) is 3.16. The summed E-state index contributed by atoms with van der Waals surface area (Å²) in [6.45, 7) is 6.80. The maximum atomic E-state index is 13.1. The second kappa shape index (κ2) is 8.69. The fourth-order valence-corrected chi connectivity index (χ4v) is 3.30. The van der Waals surface area contributed by atoms with E-state index in [4.69, 9.17) is 9.47 Å². The van der Waals surface area contributed by atoms with Gasteiger partial charge in [-0.1, -0.05) is 32.5 Å². The molecule has 0 radical (unpaired) electrons. The molecule has 0 atom stereocenters. The average molecular weight is 415 g/mol. The Bertz CT molecular complexity index is 1040. The number of hydrogen-bond acceptors (Lipinski definition) is 5. The fourth-order valence-electron chi connectivity index (χ4n) is 2.50. The molecule has 0 N–H and O–H groups in total. The van der Waals surface area contributed by atoms with Crippen LogP contribution in [-0.4, -0.2) is 23.3 Å². The summed E-state index contributed by atoms with van der Waals surface area (Å²) in [5.41, 5.74) is 0.378. The van der Waals surface area contributed by atoms with Crippen LogP contribution in [0.5, 0.6) is 11.5 Å². The molecular formula is C22H23FN2O3S. The van der Waals surface area contributed by atoms with E-state index in [1.54, 1.807) is 49.8 Å². The van der Waals surface area contributed by atoms with Crippen molar-refractivity contribution in [1.29, 1.82) is 0 Å². The third kappa shape index (κ3) is 5.38. The minimum atomic E-state index is -0.325. The zero-order chi connectivity index (χ0) is 21.0. The number of benzene rings is 2. The monoisotopic (exact) mass is 414 g/mol. The summed E-state index contributed by atoms with van der Waals surface area (Å²) in [5.74, 6) is 0.839. The molecule has 1 aromatic heterocycles. The first-order valence-corrected chi connectivity index (χ1v) is 9.91. The Morgan fingerprint density at radius 2 is 1.83 bits per heavy atom. The Hall–Kier alpha value is -2.80. The van der Waals surface area contributed by atoms with Crippen molar-refractivity contribution in [3.05, 3.63) is 71.0 Å². The van der Waals surface area contributed by atoms with E-state index in [1.165, 1.54) is 28.5 Å². The van der Waals surface area contributed by atoms with Gasteiger partial charge < -0.3 is 9.47 Å². The summed E-state index contributed by atoms with van der Waals surface area (Å²) >= 11 is 1.19. The van der Waals surface area contributed by atoms with Gasteiger partial charge in [0.15, 0.2) is 16.5 Å². The van der Waals surface area contributed by atoms with E-state index in [0.29, 0.717) is 28.8 Å². The number of aromatic nitrogens is 2. The first-order chi connectivity index (χ1) is 13.8. The van der Waals surface area contributed by atoms with Crippen molar-refractivity contribution in [2.75, 3.05) is 13.7 Å². The van der Waals surface area contributed by atoms with Crippen molar-refractivity contribution in [3.8, 4) is 17.2 Å². The van der Waals surface area contributed by atoms with Crippen LogP contribution in [0.15, 0.2) is 69.6 Å². The van der Waals surface area contributed by atoms with Crippen LogP contribution >= 0.6 is 11.8 Å². The quantitative estimate of drug-likeness (QED) is 0.571. The van der Waals surface area contributed by atoms with Crippen molar-refractivity contribution < 1.29 is 13.9 Å². The molecule has 29 heavy (non-hydrogen) atoms. The minimum absolute atomic E-state index is 0.0121. The van der Waals surface area contributed by atoms with Gasteiger partial charge in [-0.2, -0.15) is 0 Å². The lowest BCUT2D eigenvalue weighted by Crippen LogP contribution is -2.20. The summed E-state index contributed by atoms with van der Waals surface area (Å²) in [4.78, 5) is 17.8. The molecule has 3 aromatic rings. The molecular weight excluding hydrogens is 391 g/mol. The van der Waals surface area contributed by atoms with E-state index >= 15 is 0 Å². The second-order valence-corrected chi connectivity index (χ2v) is 8.71. The number of halogens is 1. The number of methoxy groups -OCH3 is 1. The first kappa shape index (κ1) is 20.9. The lowest BCUT2D eigenvalue weighted by atomic mass is 9.99. The molecule has 0 amide bonds. The highest BCUT2D eigenvalue weighted by Gasteiger charge is 2.15. The van der Waals surface area contributed by atoms with Gasteiger partial charge in [0, 0.05) is 23.4 Å². The molecule has 0 fully saturated rings. The number of rotatable bonds is 6. The average Bonchev–Trinajstić information content (AvgIpc) is 2.69. The summed E-state index contributed by atoms with van der Waals surface area (Å²) in [6, 6.07) is 11.3. The predicted octanol–water partition coefficient (Wildman–Crippen LogP) is 4.96. The van der Waals surface area contributed by atoms with Gasteiger partial charge in [0.1, 0.15) is 5.82 Å². The van der Waals surface area contributed by atoms with Gasteiger partial charge in [0.25, 0.3) is 5.56 Å². The number of nitrogens with zero attached hydrogens (tertiary/aromatic N) is 2. The molecule has 0 spiro atoms. The topological polar surface area (TPSA) is 53.4 Å². The standard InChI is InChI=1S/C22H23FN2O3S/c1-22(2,3)14-28-18-10-7-16(13-19(18)27-4)25-12-11-24-20(21(25)26)29-17-8-5-15(23)6-9-17/h5-13H,14H2,1-4H3. The molecule has 2 aromatic carbocycles. The molecule has 0 saturated carbocycles. The molecule has 152 valence electrons. The summed E-state index contributed by atoms with van der Waals surface area (Å²) < 4.78 is 25.9. The van der Waals surface area contributed by atoms with Gasteiger partial charge in [-0.15, -0.1) is 0 Å². The zero-order valence-corrected chi connectivity index (χ0v) is 17.6. The van der Waals surface area contributed by atoms with Crippen molar-refractivity contribution >= 4 is 11.8 Å². The highest BCUT2D eigenvalue weighted by Crippen LogP contribution is 2.31. The molecule has 7 heteroatoms. The van der Waals surface area contributed by atoms with Gasteiger partial charge in [-0.25, -0.2) is 9.37 Å². The highest BCUT2D eigenvalue weighted by atomic mass is 32.2. The van der Waals surface area contributed by atoms with E-state index in [1.807, 2.05) is 0 Å². The molecule has 0 bridgehead atoms. The van der Waals surface area contributed by atoms with Gasteiger partial charge in [0.05, 0.1) is 19.4 Å². The largest absolute Gasteiger partial charge is 0.493 e. The van der Waals surface area contributed by atoms with Crippen LogP contribution in [0, 0.1) is 11.2 Å². The third-order valence-corrected chi connectivity index (χ3v) is 4.90. The zero-order valence-electron chi connectivity index (χ0n) is 16.8. The molecule has 1 heterocycles. The lowest BCUT2D eigenvalue weighted by molar-refractivity contribution is 0.191. The predicted molar refractivity (Wildman–Crippen MR) is 112 cm³/mol. The second-order valence-electron chi connectivity index (χ2n) is 7.65. The Morgan fingerprint density at radius 1 is 1.10 bits per heavy atom. The Morgan fingerprint density at radius 3 is 2.48 bits per heavy atom. The molecule has 0 aliphatic heterocycles. The van der Waals surface area contributed by atoms with Crippen molar-refractivity contribution in [2.45, 2.75) is 30.7 Å². The number of hydrogen-bond donors (Lipinski definition) is 0. The Labute approximate surface area is 173 Å². The van der Waals surface area contributed by atoms with E-state index in [2.05, 4.69) is 25.8 Å². The van der Waals surface area contributed by atoms with Crippen LogP contribution < -0.4 is 15.0 Å². The van der Waals surface area contributed by atoms with Gasteiger partial charge in [-0.05, 0) is 41.8 Å². The molecule has 0 aliphatic carbocycles. The lowest BCUT2D eigenvalue weighted by Gasteiger charge is -2.20. The fraction of sp³-hybridized carbons (Fsp3) is 0.273. The van der Waals surface area contributed by atoms with Crippen LogP contribution in [0.4, 0.5) is 4.39 Å². The molecule has 0 unspecified atom stereocenters. The number of ether oxygens (including phenoxy) is 2. The Balaban J connectivity index is 1.90. The van der Waals surface area contributed by atoms with Crippen LogP contribution in [0.3, 0.4) is 0 Å². The first-order valence-electron chi connectivity index (χ1n) is 9.09. The van der Waals surface area contributed by atoms with Gasteiger partial charge in [-0.3, -0.25) is 9.36 Å². The van der Waals surface area contributed by atoms with Crippen molar-refractivity contribution in [2.24, 2.45) is 5.41 Å². The highest BCUT2D eigenvalue weighted by molar-refractivity contribution is 7.99.